The number of nitrogens with one attached hydrogen (secondary N) is 5. The molecule has 0 aliphatic rings. The Kier molecular flexibility index (Phi) is 17.1. The number of carboxylic acid groups (broad SMARTS) is 1. The number of hydrogen-bond acceptors (Lipinski definition) is 8. The van der Waals surface area contributed by atoms with Crippen molar-refractivity contribution in [2.45, 2.75) is 70.5 Å². The van der Waals surface area contributed by atoms with Crippen LogP contribution in [0.1, 0.15) is 38.3 Å². The largest absolute Gasteiger partial charge is 0.508 e. The summed E-state index contributed by atoms with van der Waals surface area (Å²) in [5.74, 6) is -4.67. The van der Waals surface area contributed by atoms with Crippen LogP contribution in [0, 0.1) is 5.92 Å². The van der Waals surface area contributed by atoms with Crippen LogP contribution in [0.5, 0.6) is 5.75 Å². The topological polar surface area (TPSA) is 229 Å². The second-order valence-corrected chi connectivity index (χ2v) is 11.0. The Hall–Kier alpha value is -5.19. The summed E-state index contributed by atoms with van der Waals surface area (Å²) in [4.78, 5) is 70.5. The Morgan fingerprint density at radius 2 is 1.40 bits per heavy atom. The number of nitrogens with two attached hydrogens (primary N) is 1. The number of alkyl halides is 3. The van der Waals surface area contributed by atoms with Crippen molar-refractivity contribution in [3.8, 4) is 5.75 Å². The molecule has 0 aromatic heterocycles. The number of halogens is 3. The van der Waals surface area contributed by atoms with Gasteiger partial charge in [-0.3, -0.25) is 24.0 Å². The Balaban J connectivity index is 0.00000148. The summed E-state index contributed by atoms with van der Waals surface area (Å²) in [6.07, 6.45) is -4.54. The van der Waals surface area contributed by atoms with Gasteiger partial charge in [0.1, 0.15) is 24.0 Å². The molecular weight excluding hydrogens is 641 g/mol. The zero-order valence-corrected chi connectivity index (χ0v) is 26.5. The van der Waals surface area contributed by atoms with E-state index in [1.165, 1.54) is 19.1 Å². The van der Waals surface area contributed by atoms with Gasteiger partial charge in [-0.15, -0.1) is 0 Å². The molecule has 264 valence electrons. The number of phenols is 1. The highest BCUT2D eigenvalue weighted by Crippen LogP contribution is 2.13. The normalized spacial score (nSPS) is 13.3. The van der Waals surface area contributed by atoms with E-state index in [0.29, 0.717) is 12.8 Å². The molecule has 17 heteroatoms. The summed E-state index contributed by atoms with van der Waals surface area (Å²) in [5, 5.41) is 29.5. The van der Waals surface area contributed by atoms with E-state index in [0.717, 1.165) is 11.1 Å². The second-order valence-electron chi connectivity index (χ2n) is 11.0. The average Bonchev–Trinajstić information content (AvgIpc) is 3.00. The SMILES string of the molecule is CC(C)CC(NC=O)C(=O)NC(Cc1ccccc1)NC(=O)CNC(=O)C(C)NC(=O)C(N)Cc1ccc(O)cc1.O=C(O)C(F)(F)F. The number of carbonyl (C=O) groups is 6. The van der Waals surface area contributed by atoms with Crippen LogP contribution in [0.15, 0.2) is 54.6 Å². The highest BCUT2D eigenvalue weighted by molar-refractivity contribution is 5.92. The van der Waals surface area contributed by atoms with Gasteiger partial charge in [-0.25, -0.2) is 4.79 Å². The smallest absolute Gasteiger partial charge is 0.490 e. The zero-order valence-electron chi connectivity index (χ0n) is 26.5. The lowest BCUT2D eigenvalue weighted by molar-refractivity contribution is -0.192. The Labute approximate surface area is 275 Å². The van der Waals surface area contributed by atoms with Crippen molar-refractivity contribution in [3.05, 3.63) is 65.7 Å². The van der Waals surface area contributed by atoms with Crippen molar-refractivity contribution in [1.29, 1.82) is 0 Å². The number of amides is 5. The van der Waals surface area contributed by atoms with Crippen LogP contribution >= 0.6 is 0 Å². The van der Waals surface area contributed by atoms with Gasteiger partial charge < -0.3 is 42.5 Å². The predicted molar refractivity (Wildman–Crippen MR) is 167 cm³/mol. The molecule has 2 rings (SSSR count). The Bertz CT molecular complexity index is 1360. The van der Waals surface area contributed by atoms with E-state index in [4.69, 9.17) is 15.6 Å². The van der Waals surface area contributed by atoms with Crippen molar-refractivity contribution in [1.82, 2.24) is 26.6 Å². The maximum atomic E-state index is 12.9. The molecule has 0 aliphatic heterocycles. The molecule has 9 N–H and O–H groups in total. The average molecular weight is 683 g/mol. The monoisotopic (exact) mass is 682 g/mol. The molecule has 0 radical (unpaired) electrons. The highest BCUT2D eigenvalue weighted by Gasteiger charge is 2.38. The lowest BCUT2D eigenvalue weighted by Crippen LogP contribution is -2.56. The van der Waals surface area contributed by atoms with E-state index in [9.17, 15) is 42.3 Å². The standard InChI is InChI=1S/C29H40N6O6.C2HF3O2/c1-18(2)13-24(32-17-36)29(41)35-25(15-20-7-5-4-6-8-20)34-26(38)16-31-27(39)19(3)33-28(40)23(30)14-21-9-11-22(37)12-10-21;3-2(4,5)1(6)7/h4-12,17-19,23-25,37H,13-16,30H2,1-3H3,(H,31,39)(H,32,36)(H,33,40)(H,34,38)(H,35,41);(H,6,7). The second kappa shape index (κ2) is 20.1. The first kappa shape index (κ1) is 40.8. The van der Waals surface area contributed by atoms with Crippen LogP contribution in [0.4, 0.5) is 13.2 Å². The van der Waals surface area contributed by atoms with E-state index < -0.39 is 66.6 Å². The first-order chi connectivity index (χ1) is 22.4. The van der Waals surface area contributed by atoms with Crippen molar-refractivity contribution < 1.29 is 52.2 Å². The predicted octanol–water partition coefficient (Wildman–Crippen LogP) is 0.478. The number of hydrogen-bond donors (Lipinski definition) is 8. The maximum absolute atomic E-state index is 12.9. The van der Waals surface area contributed by atoms with Crippen LogP contribution < -0.4 is 32.3 Å². The van der Waals surface area contributed by atoms with Crippen molar-refractivity contribution in [3.63, 3.8) is 0 Å². The van der Waals surface area contributed by atoms with Gasteiger partial charge in [-0.2, -0.15) is 13.2 Å². The summed E-state index contributed by atoms with van der Waals surface area (Å²) < 4.78 is 31.7. The van der Waals surface area contributed by atoms with Gasteiger partial charge in [-0.1, -0.05) is 56.3 Å². The van der Waals surface area contributed by atoms with Crippen molar-refractivity contribution in [2.24, 2.45) is 11.7 Å². The minimum Gasteiger partial charge on any atom is -0.508 e. The Morgan fingerprint density at radius 1 is 0.833 bits per heavy atom. The molecular formula is C31H41F3N6O8. The van der Waals surface area contributed by atoms with Crippen molar-refractivity contribution in [2.75, 3.05) is 6.54 Å². The highest BCUT2D eigenvalue weighted by atomic mass is 19.4. The minimum atomic E-state index is -5.08. The molecule has 5 amide bonds. The molecule has 0 saturated heterocycles. The summed E-state index contributed by atoms with van der Waals surface area (Å²) >= 11 is 0. The number of carboxylic acids is 1. The van der Waals surface area contributed by atoms with E-state index in [2.05, 4.69) is 26.6 Å². The third-order valence-electron chi connectivity index (χ3n) is 6.37. The fourth-order valence-corrected chi connectivity index (χ4v) is 4.00. The first-order valence-corrected chi connectivity index (χ1v) is 14.7. The summed E-state index contributed by atoms with van der Waals surface area (Å²) in [7, 11) is 0. The van der Waals surface area contributed by atoms with Crippen LogP contribution in [0.3, 0.4) is 0 Å². The molecule has 0 aliphatic carbocycles. The van der Waals surface area contributed by atoms with Crippen LogP contribution in [0.2, 0.25) is 0 Å². The van der Waals surface area contributed by atoms with Gasteiger partial charge in [0.2, 0.25) is 30.0 Å². The van der Waals surface area contributed by atoms with Crippen LogP contribution in [-0.2, 0) is 41.6 Å². The number of benzene rings is 2. The zero-order chi connectivity index (χ0) is 36.4. The number of rotatable bonds is 16. The van der Waals surface area contributed by atoms with Gasteiger partial charge in [0.25, 0.3) is 0 Å². The van der Waals surface area contributed by atoms with Gasteiger partial charge in [0, 0.05) is 6.42 Å². The molecule has 0 bridgehead atoms. The summed E-state index contributed by atoms with van der Waals surface area (Å²) in [6, 6.07) is 12.8. The van der Waals surface area contributed by atoms with Gasteiger partial charge in [0.05, 0.1) is 12.6 Å². The number of phenolic OH excluding ortho intramolecular Hbond substituents is 1. The van der Waals surface area contributed by atoms with Gasteiger partial charge >= 0.3 is 12.1 Å². The summed E-state index contributed by atoms with van der Waals surface area (Å²) in [6.45, 7) is 4.91. The molecule has 4 unspecified atom stereocenters. The number of carbonyl (C=O) groups excluding carboxylic acids is 5. The first-order valence-electron chi connectivity index (χ1n) is 14.7. The fourth-order valence-electron chi connectivity index (χ4n) is 4.00. The molecule has 0 fully saturated rings. The fraction of sp³-hybridized carbons (Fsp3) is 0.419. The third-order valence-corrected chi connectivity index (χ3v) is 6.37. The van der Waals surface area contributed by atoms with E-state index in [1.54, 1.807) is 12.1 Å². The maximum Gasteiger partial charge on any atom is 0.490 e. The molecule has 14 nitrogen and oxygen atoms in total. The lowest BCUT2D eigenvalue weighted by Gasteiger charge is -2.25. The number of aromatic hydroxyl groups is 1. The van der Waals surface area contributed by atoms with Crippen LogP contribution in [-0.4, -0.2) is 83.2 Å². The van der Waals surface area contributed by atoms with E-state index >= 15 is 0 Å². The summed E-state index contributed by atoms with van der Waals surface area (Å²) in [5.41, 5.74) is 7.55. The van der Waals surface area contributed by atoms with E-state index in [-0.39, 0.29) is 24.5 Å². The molecule has 0 spiro atoms. The molecule has 4 atom stereocenters. The van der Waals surface area contributed by atoms with Gasteiger partial charge in [-0.05, 0) is 48.9 Å². The minimum absolute atomic E-state index is 0.0973. The molecule has 0 saturated carbocycles. The quantitative estimate of drug-likeness (QED) is 0.0908. The lowest BCUT2D eigenvalue weighted by atomic mass is 10.0. The molecule has 2 aromatic rings. The molecule has 0 heterocycles. The Morgan fingerprint density at radius 3 is 1.92 bits per heavy atom. The molecule has 2 aromatic carbocycles. The van der Waals surface area contributed by atoms with Crippen LogP contribution in [0.25, 0.3) is 0 Å². The van der Waals surface area contributed by atoms with Crippen molar-refractivity contribution >= 4 is 36.0 Å². The third kappa shape index (κ3) is 16.4. The van der Waals surface area contributed by atoms with Gasteiger partial charge in [0.15, 0.2) is 0 Å². The molecule has 48 heavy (non-hydrogen) atoms. The number of aliphatic carboxylic acids is 1. The van der Waals surface area contributed by atoms with E-state index in [1.807, 2.05) is 44.2 Å².